The molecule has 1 aliphatic rings. The largest absolute Gasteiger partial charge is 0.478 e. The van der Waals surface area contributed by atoms with Crippen molar-refractivity contribution >= 4 is 27.6 Å². The van der Waals surface area contributed by atoms with Gasteiger partial charge in [-0.15, -0.1) is 0 Å². The predicted octanol–water partition coefficient (Wildman–Crippen LogP) is 1.50. The molecule has 0 aromatic heterocycles. The molecule has 1 atom stereocenters. The molecular formula is C14H19ClN2O4S. The highest BCUT2D eigenvalue weighted by molar-refractivity contribution is 7.88. The fraction of sp³-hybridized carbons (Fsp3) is 0.500. The Balaban J connectivity index is 2.10. The van der Waals surface area contributed by atoms with E-state index in [0.717, 1.165) is 5.56 Å². The molecule has 22 heavy (non-hydrogen) atoms. The molecule has 122 valence electrons. The molecule has 1 fully saturated rings. The predicted molar refractivity (Wildman–Crippen MR) is 84.7 cm³/mol. The van der Waals surface area contributed by atoms with Crippen LogP contribution >= 0.6 is 11.6 Å². The van der Waals surface area contributed by atoms with Crippen LogP contribution in [0.25, 0.3) is 0 Å². The number of benzene rings is 1. The summed E-state index contributed by atoms with van der Waals surface area (Å²) >= 11 is 6.13. The Morgan fingerprint density at radius 2 is 2.09 bits per heavy atom. The highest BCUT2D eigenvalue weighted by Crippen LogP contribution is 2.22. The van der Waals surface area contributed by atoms with Crippen LogP contribution in [0, 0.1) is 0 Å². The van der Waals surface area contributed by atoms with Gasteiger partial charge in [0.2, 0.25) is 10.0 Å². The summed E-state index contributed by atoms with van der Waals surface area (Å²) in [5.41, 5.74) is 0.934. The van der Waals surface area contributed by atoms with Gasteiger partial charge >= 0.3 is 5.97 Å². The van der Waals surface area contributed by atoms with E-state index in [4.69, 9.17) is 16.7 Å². The first kappa shape index (κ1) is 17.2. The summed E-state index contributed by atoms with van der Waals surface area (Å²) in [6, 6.07) is 4.50. The van der Waals surface area contributed by atoms with E-state index < -0.39 is 16.0 Å². The van der Waals surface area contributed by atoms with Crippen molar-refractivity contribution in [3.8, 4) is 0 Å². The SMILES string of the molecule is C[C@@H]1CN(Cc2cc(C(=O)O)ccc2Cl)CCN1S(C)(=O)=O. The van der Waals surface area contributed by atoms with Gasteiger partial charge in [0.1, 0.15) is 0 Å². The molecule has 0 aliphatic carbocycles. The molecule has 1 aromatic carbocycles. The molecular weight excluding hydrogens is 328 g/mol. The van der Waals surface area contributed by atoms with Crippen molar-refractivity contribution in [2.24, 2.45) is 0 Å². The smallest absolute Gasteiger partial charge is 0.335 e. The van der Waals surface area contributed by atoms with Gasteiger partial charge in [0, 0.05) is 37.2 Å². The minimum absolute atomic E-state index is 0.120. The van der Waals surface area contributed by atoms with Crippen LogP contribution in [0.5, 0.6) is 0 Å². The van der Waals surface area contributed by atoms with Gasteiger partial charge in [0.15, 0.2) is 0 Å². The lowest BCUT2D eigenvalue weighted by molar-refractivity contribution is 0.0696. The van der Waals surface area contributed by atoms with E-state index >= 15 is 0 Å². The second-order valence-corrected chi connectivity index (χ2v) is 7.91. The minimum atomic E-state index is -3.19. The summed E-state index contributed by atoms with van der Waals surface area (Å²) < 4.78 is 24.8. The van der Waals surface area contributed by atoms with Gasteiger partial charge in [0.05, 0.1) is 11.8 Å². The monoisotopic (exact) mass is 346 g/mol. The number of carboxylic acids is 1. The molecule has 1 saturated heterocycles. The van der Waals surface area contributed by atoms with E-state index in [0.29, 0.717) is 31.2 Å². The van der Waals surface area contributed by atoms with Crippen molar-refractivity contribution in [2.45, 2.75) is 19.5 Å². The molecule has 0 spiro atoms. The quantitative estimate of drug-likeness (QED) is 0.894. The number of hydrogen-bond donors (Lipinski definition) is 1. The van der Waals surface area contributed by atoms with E-state index in [1.807, 2.05) is 6.92 Å². The molecule has 1 heterocycles. The average molecular weight is 347 g/mol. The molecule has 1 N–H and O–H groups in total. The molecule has 0 saturated carbocycles. The van der Waals surface area contributed by atoms with Crippen molar-refractivity contribution in [2.75, 3.05) is 25.9 Å². The van der Waals surface area contributed by atoms with Crippen LogP contribution in [-0.4, -0.2) is 60.6 Å². The third kappa shape index (κ3) is 3.98. The zero-order valence-corrected chi connectivity index (χ0v) is 14.1. The van der Waals surface area contributed by atoms with E-state index in [1.54, 1.807) is 12.1 Å². The molecule has 0 unspecified atom stereocenters. The lowest BCUT2D eigenvalue weighted by Crippen LogP contribution is -2.53. The summed E-state index contributed by atoms with van der Waals surface area (Å²) in [5.74, 6) is -0.992. The summed E-state index contributed by atoms with van der Waals surface area (Å²) in [7, 11) is -3.19. The zero-order valence-electron chi connectivity index (χ0n) is 12.5. The lowest BCUT2D eigenvalue weighted by atomic mass is 10.1. The van der Waals surface area contributed by atoms with Crippen molar-refractivity contribution in [1.29, 1.82) is 0 Å². The lowest BCUT2D eigenvalue weighted by Gasteiger charge is -2.38. The van der Waals surface area contributed by atoms with Crippen molar-refractivity contribution in [3.63, 3.8) is 0 Å². The normalized spacial score (nSPS) is 21.0. The Hall–Kier alpha value is -1.15. The maximum atomic E-state index is 11.7. The number of halogens is 1. The van der Waals surface area contributed by atoms with Crippen LogP contribution in [0.3, 0.4) is 0 Å². The van der Waals surface area contributed by atoms with E-state index in [1.165, 1.54) is 16.6 Å². The highest BCUT2D eigenvalue weighted by Gasteiger charge is 2.29. The first-order chi connectivity index (χ1) is 10.2. The van der Waals surface area contributed by atoms with Gasteiger partial charge in [0.25, 0.3) is 0 Å². The Labute approximate surface area is 135 Å². The molecule has 6 nitrogen and oxygen atoms in total. The molecule has 0 amide bonds. The topological polar surface area (TPSA) is 77.9 Å². The standard InChI is InChI=1S/C14H19ClN2O4S/c1-10-8-16(5-6-17(10)22(2,20)21)9-12-7-11(14(18)19)3-4-13(12)15/h3-4,7,10H,5-6,8-9H2,1-2H3,(H,18,19)/t10-/m1/s1. The van der Waals surface area contributed by atoms with Gasteiger partial charge in [-0.05, 0) is 30.7 Å². The number of piperazine rings is 1. The van der Waals surface area contributed by atoms with Crippen LogP contribution < -0.4 is 0 Å². The third-order valence-corrected chi connectivity index (χ3v) is 5.53. The average Bonchev–Trinajstić information content (AvgIpc) is 2.39. The summed E-state index contributed by atoms with van der Waals surface area (Å²) in [6.07, 6.45) is 1.21. The zero-order chi connectivity index (χ0) is 16.5. The van der Waals surface area contributed by atoms with Gasteiger partial charge < -0.3 is 5.11 Å². The first-order valence-electron chi connectivity index (χ1n) is 6.89. The van der Waals surface area contributed by atoms with Crippen molar-refractivity contribution in [1.82, 2.24) is 9.21 Å². The van der Waals surface area contributed by atoms with Crippen LogP contribution in [-0.2, 0) is 16.6 Å². The van der Waals surface area contributed by atoms with Crippen molar-refractivity contribution in [3.05, 3.63) is 34.3 Å². The van der Waals surface area contributed by atoms with Crippen LogP contribution in [0.1, 0.15) is 22.8 Å². The van der Waals surface area contributed by atoms with Crippen LogP contribution in [0.15, 0.2) is 18.2 Å². The Morgan fingerprint density at radius 3 is 2.64 bits per heavy atom. The van der Waals surface area contributed by atoms with Gasteiger partial charge in [-0.1, -0.05) is 11.6 Å². The second kappa shape index (κ2) is 6.54. The number of nitrogens with zero attached hydrogens (tertiary/aromatic N) is 2. The fourth-order valence-corrected chi connectivity index (χ4v) is 4.03. The molecule has 8 heteroatoms. The summed E-state index contributed by atoms with van der Waals surface area (Å²) in [6.45, 7) is 3.96. The number of aromatic carboxylic acids is 1. The number of carboxylic acid groups (broad SMARTS) is 1. The molecule has 1 aliphatic heterocycles. The molecule has 0 radical (unpaired) electrons. The Bertz CT molecular complexity index is 677. The maximum Gasteiger partial charge on any atom is 0.335 e. The number of hydrogen-bond acceptors (Lipinski definition) is 4. The summed E-state index contributed by atoms with van der Waals surface area (Å²) in [4.78, 5) is 13.1. The first-order valence-corrected chi connectivity index (χ1v) is 9.12. The molecule has 2 rings (SSSR count). The third-order valence-electron chi connectivity index (χ3n) is 3.76. The van der Waals surface area contributed by atoms with Crippen molar-refractivity contribution < 1.29 is 18.3 Å². The fourth-order valence-electron chi connectivity index (χ4n) is 2.72. The Kier molecular flexibility index (Phi) is 5.11. The number of sulfonamides is 1. The maximum absolute atomic E-state index is 11.7. The van der Waals surface area contributed by atoms with Crippen LogP contribution in [0.4, 0.5) is 0 Å². The van der Waals surface area contributed by atoms with E-state index in [-0.39, 0.29) is 11.6 Å². The molecule has 0 bridgehead atoms. The summed E-state index contributed by atoms with van der Waals surface area (Å²) in [5, 5.41) is 9.56. The van der Waals surface area contributed by atoms with Gasteiger partial charge in [-0.25, -0.2) is 13.2 Å². The number of rotatable bonds is 4. The Morgan fingerprint density at radius 1 is 1.41 bits per heavy atom. The highest BCUT2D eigenvalue weighted by atomic mass is 35.5. The minimum Gasteiger partial charge on any atom is -0.478 e. The molecule has 1 aromatic rings. The van der Waals surface area contributed by atoms with Gasteiger partial charge in [-0.3, -0.25) is 4.90 Å². The van der Waals surface area contributed by atoms with E-state index in [2.05, 4.69) is 4.90 Å². The second-order valence-electron chi connectivity index (χ2n) is 5.57. The number of carbonyl (C=O) groups is 1. The van der Waals surface area contributed by atoms with E-state index in [9.17, 15) is 13.2 Å². The van der Waals surface area contributed by atoms with Gasteiger partial charge in [-0.2, -0.15) is 4.31 Å². The van der Waals surface area contributed by atoms with Crippen LogP contribution in [0.2, 0.25) is 5.02 Å².